The summed E-state index contributed by atoms with van der Waals surface area (Å²) in [6, 6.07) is 5.64. The van der Waals surface area contributed by atoms with Crippen LogP contribution < -0.4 is 5.32 Å². The predicted molar refractivity (Wildman–Crippen MR) is 87.0 cm³/mol. The lowest BCUT2D eigenvalue weighted by Gasteiger charge is -2.31. The summed E-state index contributed by atoms with van der Waals surface area (Å²) in [7, 11) is 0. The van der Waals surface area contributed by atoms with Gasteiger partial charge in [-0.05, 0) is 68.2 Å². The van der Waals surface area contributed by atoms with Crippen LogP contribution in [0.3, 0.4) is 0 Å². The predicted octanol–water partition coefficient (Wildman–Crippen LogP) is 4.33. The number of nitrogens with one attached hydrogen (secondary N) is 1. The van der Waals surface area contributed by atoms with E-state index in [0.29, 0.717) is 11.3 Å². The summed E-state index contributed by atoms with van der Waals surface area (Å²) in [5, 5.41) is 4.37. The Balaban J connectivity index is 2.07. The molecule has 2 rings (SSSR count). The van der Waals surface area contributed by atoms with Gasteiger partial charge in [0.05, 0.1) is 0 Å². The third-order valence-electron chi connectivity index (χ3n) is 4.07. The topological polar surface area (TPSA) is 12.0 Å². The quantitative estimate of drug-likeness (QED) is 0.838. The molecule has 0 spiro atoms. The van der Waals surface area contributed by atoms with Crippen molar-refractivity contribution < 1.29 is 4.39 Å². The lowest BCUT2D eigenvalue weighted by Crippen LogP contribution is -2.41. The van der Waals surface area contributed by atoms with E-state index in [1.807, 2.05) is 6.07 Å². The first-order valence-electron chi connectivity index (χ1n) is 7.80. The van der Waals surface area contributed by atoms with Crippen molar-refractivity contribution in [3.8, 4) is 0 Å². The van der Waals surface area contributed by atoms with Gasteiger partial charge in [-0.3, -0.25) is 0 Å². The van der Waals surface area contributed by atoms with E-state index < -0.39 is 0 Å². The summed E-state index contributed by atoms with van der Waals surface area (Å²) in [6.45, 7) is 5.33. The Bertz CT molecular complexity index is 415. The molecule has 20 heavy (non-hydrogen) atoms. The van der Waals surface area contributed by atoms with Gasteiger partial charge < -0.3 is 5.32 Å². The minimum Gasteiger partial charge on any atom is -0.313 e. The fraction of sp³-hybridized carbons (Fsp3) is 0.647. The van der Waals surface area contributed by atoms with Gasteiger partial charge in [-0.15, -0.1) is 0 Å². The minimum atomic E-state index is -0.115. The SMILES string of the molecule is CCCNC(Cc1cc(F)ccc1C)C1CCCCS1. The molecule has 3 heteroatoms. The first kappa shape index (κ1) is 15.8. The van der Waals surface area contributed by atoms with E-state index in [1.165, 1.54) is 30.6 Å². The molecule has 1 N–H and O–H groups in total. The van der Waals surface area contributed by atoms with Crippen LogP contribution in [0, 0.1) is 12.7 Å². The summed E-state index contributed by atoms with van der Waals surface area (Å²) in [6.07, 6.45) is 6.07. The van der Waals surface area contributed by atoms with Crippen LogP contribution in [-0.4, -0.2) is 23.6 Å². The van der Waals surface area contributed by atoms with Gasteiger partial charge >= 0.3 is 0 Å². The second-order valence-electron chi connectivity index (χ2n) is 5.74. The standard InChI is InChI=1S/C17H26FNS/c1-3-9-19-16(17-6-4-5-10-20-17)12-14-11-15(18)8-7-13(14)2/h7-8,11,16-17,19H,3-6,9-10,12H2,1-2H3. The largest absolute Gasteiger partial charge is 0.313 e. The number of rotatable bonds is 6. The van der Waals surface area contributed by atoms with E-state index in [4.69, 9.17) is 0 Å². The van der Waals surface area contributed by atoms with Crippen molar-refractivity contribution in [2.45, 2.75) is 57.2 Å². The Morgan fingerprint density at radius 3 is 2.95 bits per heavy atom. The second kappa shape index (κ2) is 8.04. The van der Waals surface area contributed by atoms with E-state index in [-0.39, 0.29) is 5.82 Å². The van der Waals surface area contributed by atoms with Crippen LogP contribution in [0.2, 0.25) is 0 Å². The molecule has 0 amide bonds. The maximum Gasteiger partial charge on any atom is 0.123 e. The van der Waals surface area contributed by atoms with Crippen LogP contribution in [0.15, 0.2) is 18.2 Å². The normalized spacial score (nSPS) is 20.9. The van der Waals surface area contributed by atoms with Gasteiger partial charge in [0.15, 0.2) is 0 Å². The number of hydrogen-bond acceptors (Lipinski definition) is 2. The Morgan fingerprint density at radius 1 is 1.40 bits per heavy atom. The molecular weight excluding hydrogens is 269 g/mol. The van der Waals surface area contributed by atoms with E-state index in [0.717, 1.165) is 24.9 Å². The first-order chi connectivity index (χ1) is 9.70. The summed E-state index contributed by atoms with van der Waals surface area (Å²) < 4.78 is 13.5. The maximum absolute atomic E-state index is 13.5. The summed E-state index contributed by atoms with van der Waals surface area (Å²) in [5.41, 5.74) is 2.36. The summed E-state index contributed by atoms with van der Waals surface area (Å²) in [5.74, 6) is 1.16. The Kier molecular flexibility index (Phi) is 6.37. The Hall–Kier alpha value is -0.540. The first-order valence-corrected chi connectivity index (χ1v) is 8.85. The molecule has 1 aromatic rings. The lowest BCUT2D eigenvalue weighted by atomic mass is 9.96. The second-order valence-corrected chi connectivity index (χ2v) is 7.09. The van der Waals surface area contributed by atoms with Crippen LogP contribution >= 0.6 is 11.8 Å². The molecule has 0 aliphatic carbocycles. The highest BCUT2D eigenvalue weighted by Crippen LogP contribution is 2.29. The van der Waals surface area contributed by atoms with Crippen molar-refractivity contribution in [1.29, 1.82) is 0 Å². The van der Waals surface area contributed by atoms with Gasteiger partial charge in [0.2, 0.25) is 0 Å². The molecule has 0 radical (unpaired) electrons. The molecule has 1 aliphatic heterocycles. The lowest BCUT2D eigenvalue weighted by molar-refractivity contribution is 0.460. The summed E-state index contributed by atoms with van der Waals surface area (Å²) in [4.78, 5) is 0. The highest BCUT2D eigenvalue weighted by Gasteiger charge is 2.24. The third-order valence-corrected chi connectivity index (χ3v) is 5.59. The third kappa shape index (κ3) is 4.49. The molecule has 1 aromatic carbocycles. The number of benzene rings is 1. The van der Waals surface area contributed by atoms with Gasteiger partial charge in [0.25, 0.3) is 0 Å². The molecule has 1 nitrogen and oxygen atoms in total. The van der Waals surface area contributed by atoms with Crippen molar-refractivity contribution in [3.05, 3.63) is 35.1 Å². The van der Waals surface area contributed by atoms with Crippen LogP contribution in [-0.2, 0) is 6.42 Å². The van der Waals surface area contributed by atoms with Gasteiger partial charge in [0, 0.05) is 11.3 Å². The highest BCUT2D eigenvalue weighted by atomic mass is 32.2. The van der Waals surface area contributed by atoms with E-state index in [2.05, 4.69) is 30.9 Å². The van der Waals surface area contributed by atoms with Crippen molar-refractivity contribution in [1.82, 2.24) is 5.32 Å². The molecule has 1 heterocycles. The van der Waals surface area contributed by atoms with Crippen molar-refractivity contribution in [2.75, 3.05) is 12.3 Å². The smallest absolute Gasteiger partial charge is 0.123 e. The molecule has 2 atom stereocenters. The van der Waals surface area contributed by atoms with E-state index in [1.54, 1.807) is 12.1 Å². The molecule has 0 bridgehead atoms. The highest BCUT2D eigenvalue weighted by molar-refractivity contribution is 8.00. The molecule has 1 aliphatic rings. The zero-order valence-corrected chi connectivity index (χ0v) is 13.4. The molecule has 0 aromatic heterocycles. The monoisotopic (exact) mass is 295 g/mol. The average Bonchev–Trinajstić information content (AvgIpc) is 2.48. The van der Waals surface area contributed by atoms with Crippen LogP contribution in [0.5, 0.6) is 0 Å². The molecule has 2 unspecified atom stereocenters. The van der Waals surface area contributed by atoms with Crippen molar-refractivity contribution >= 4 is 11.8 Å². The molecular formula is C17H26FNS. The number of thioether (sulfide) groups is 1. The molecule has 0 saturated carbocycles. The van der Waals surface area contributed by atoms with Gasteiger partial charge in [-0.1, -0.05) is 19.4 Å². The van der Waals surface area contributed by atoms with Crippen LogP contribution in [0.1, 0.15) is 43.7 Å². The van der Waals surface area contributed by atoms with E-state index in [9.17, 15) is 4.39 Å². The zero-order chi connectivity index (χ0) is 14.4. The van der Waals surface area contributed by atoms with Crippen LogP contribution in [0.25, 0.3) is 0 Å². The Labute approximate surface area is 126 Å². The summed E-state index contributed by atoms with van der Waals surface area (Å²) >= 11 is 2.09. The van der Waals surface area contributed by atoms with Crippen molar-refractivity contribution in [2.24, 2.45) is 0 Å². The number of hydrogen-bond donors (Lipinski definition) is 1. The number of aryl methyl sites for hydroxylation is 1. The fourth-order valence-corrected chi connectivity index (χ4v) is 4.28. The van der Waals surface area contributed by atoms with Crippen molar-refractivity contribution in [3.63, 3.8) is 0 Å². The Morgan fingerprint density at radius 2 is 2.25 bits per heavy atom. The molecule has 1 fully saturated rings. The van der Waals surface area contributed by atoms with E-state index >= 15 is 0 Å². The van der Waals surface area contributed by atoms with Gasteiger partial charge in [0.1, 0.15) is 5.82 Å². The van der Waals surface area contributed by atoms with Gasteiger partial charge in [-0.25, -0.2) is 4.39 Å². The fourth-order valence-electron chi connectivity index (χ4n) is 2.84. The molecule has 1 saturated heterocycles. The minimum absolute atomic E-state index is 0.115. The zero-order valence-electron chi connectivity index (χ0n) is 12.6. The van der Waals surface area contributed by atoms with Gasteiger partial charge in [-0.2, -0.15) is 11.8 Å². The molecule has 112 valence electrons. The van der Waals surface area contributed by atoms with Crippen LogP contribution in [0.4, 0.5) is 4.39 Å². The average molecular weight is 295 g/mol. The maximum atomic E-state index is 13.5. The number of halogens is 1.